The molecule has 0 aliphatic rings. The third-order valence-corrected chi connectivity index (χ3v) is 5.97. The first-order chi connectivity index (χ1) is 12.1. The summed E-state index contributed by atoms with van der Waals surface area (Å²) in [7, 11) is -2.14. The van der Waals surface area contributed by atoms with Gasteiger partial charge in [-0.3, -0.25) is 4.40 Å². The largest absolute Gasteiger partial charge is 0.417 e. The van der Waals surface area contributed by atoms with Crippen LogP contribution in [-0.2, 0) is 29.5 Å². The van der Waals surface area contributed by atoms with Crippen molar-refractivity contribution in [1.82, 2.24) is 18.9 Å². The molecule has 140 valence electrons. The molecule has 0 aliphatic carbocycles. The molecule has 0 saturated carbocycles. The van der Waals surface area contributed by atoms with Gasteiger partial charge < -0.3 is 4.57 Å². The number of rotatable bonds is 4. The van der Waals surface area contributed by atoms with Gasteiger partial charge >= 0.3 is 6.18 Å². The molecule has 0 saturated heterocycles. The number of hydrogen-bond acceptors (Lipinski definition) is 4. The Bertz CT molecular complexity index is 1080. The van der Waals surface area contributed by atoms with E-state index in [1.165, 1.54) is 6.92 Å². The molecule has 0 bridgehead atoms. The van der Waals surface area contributed by atoms with Crippen molar-refractivity contribution in [2.45, 2.75) is 31.5 Å². The Balaban J connectivity index is 2.39. The maximum Gasteiger partial charge on any atom is 0.417 e. The van der Waals surface area contributed by atoms with E-state index in [0.717, 1.165) is 28.4 Å². The third kappa shape index (κ3) is 2.87. The minimum atomic E-state index is -4.59. The summed E-state index contributed by atoms with van der Waals surface area (Å²) in [6.45, 7) is 3.35. The molecule has 10 heteroatoms. The zero-order chi connectivity index (χ0) is 19.3. The van der Waals surface area contributed by atoms with E-state index in [1.54, 1.807) is 17.8 Å². The van der Waals surface area contributed by atoms with Gasteiger partial charge in [0.2, 0.25) is 0 Å². The van der Waals surface area contributed by atoms with Crippen LogP contribution in [0.5, 0.6) is 0 Å². The van der Waals surface area contributed by atoms with Gasteiger partial charge in [0.15, 0.2) is 20.7 Å². The van der Waals surface area contributed by atoms with Crippen LogP contribution < -0.4 is 0 Å². The summed E-state index contributed by atoms with van der Waals surface area (Å²) in [5.74, 6) is 0.0286. The summed E-state index contributed by atoms with van der Waals surface area (Å²) in [5.41, 5.74) is 0.0675. The Labute approximate surface area is 148 Å². The molecule has 3 rings (SSSR count). The van der Waals surface area contributed by atoms with Gasteiger partial charge in [-0.2, -0.15) is 13.2 Å². The van der Waals surface area contributed by atoms with Gasteiger partial charge in [-0.15, -0.1) is 0 Å². The fourth-order valence-corrected chi connectivity index (χ4v) is 3.91. The SMILES string of the molecule is CCc1cnc(-c2nc3ccc(C(F)(F)F)cn3c2S(=O)(=O)CC)n1C. The third-order valence-electron chi connectivity index (χ3n) is 4.24. The van der Waals surface area contributed by atoms with Crippen LogP contribution in [0.25, 0.3) is 17.2 Å². The highest BCUT2D eigenvalue weighted by molar-refractivity contribution is 7.91. The van der Waals surface area contributed by atoms with Crippen molar-refractivity contribution in [3.05, 3.63) is 35.8 Å². The van der Waals surface area contributed by atoms with Gasteiger partial charge in [-0.25, -0.2) is 18.4 Å². The average molecular weight is 386 g/mol. The average Bonchev–Trinajstić information content (AvgIpc) is 3.13. The standard InChI is InChI=1S/C16H17F3N4O2S/c1-4-11-8-20-14(22(11)3)13-15(26(24,25)5-2)23-9-10(16(17,18)19)6-7-12(23)21-13/h6-9H,4-5H2,1-3H3. The number of halogens is 3. The number of aryl methyl sites for hydroxylation is 1. The second-order valence-electron chi connectivity index (χ2n) is 5.80. The van der Waals surface area contributed by atoms with Gasteiger partial charge in [-0.05, 0) is 18.6 Å². The second-order valence-corrected chi connectivity index (χ2v) is 7.99. The maximum absolute atomic E-state index is 13.1. The first kappa shape index (κ1) is 18.4. The van der Waals surface area contributed by atoms with Crippen molar-refractivity contribution < 1.29 is 21.6 Å². The van der Waals surface area contributed by atoms with E-state index < -0.39 is 21.6 Å². The van der Waals surface area contributed by atoms with Gasteiger partial charge in [0.25, 0.3) is 0 Å². The van der Waals surface area contributed by atoms with E-state index in [1.807, 2.05) is 6.92 Å². The van der Waals surface area contributed by atoms with Crippen LogP contribution in [0, 0.1) is 0 Å². The minimum absolute atomic E-state index is 0.0494. The molecule has 0 fully saturated rings. The lowest BCUT2D eigenvalue weighted by atomic mass is 10.3. The monoisotopic (exact) mass is 386 g/mol. The zero-order valence-electron chi connectivity index (χ0n) is 14.4. The van der Waals surface area contributed by atoms with Crippen LogP contribution in [0.2, 0.25) is 0 Å². The first-order valence-electron chi connectivity index (χ1n) is 7.93. The molecule has 3 heterocycles. The molecule has 0 N–H and O–H groups in total. The zero-order valence-corrected chi connectivity index (χ0v) is 15.2. The molecule has 3 aromatic rings. The molecule has 0 spiro atoms. The molecule has 3 aromatic heterocycles. The highest BCUT2D eigenvalue weighted by atomic mass is 32.2. The Hall–Kier alpha value is -2.36. The minimum Gasteiger partial charge on any atom is -0.330 e. The molecule has 0 radical (unpaired) electrons. The Morgan fingerprint density at radius 1 is 1.19 bits per heavy atom. The van der Waals surface area contributed by atoms with Crippen LogP contribution in [0.3, 0.4) is 0 Å². The molecule has 0 aliphatic heterocycles. The highest BCUT2D eigenvalue weighted by Crippen LogP contribution is 2.33. The summed E-state index contributed by atoms with van der Waals surface area (Å²) in [6, 6.07) is 2.04. The smallest absolute Gasteiger partial charge is 0.330 e. The molecule has 0 atom stereocenters. The van der Waals surface area contributed by atoms with E-state index in [-0.39, 0.29) is 22.1 Å². The van der Waals surface area contributed by atoms with Crippen LogP contribution in [0.15, 0.2) is 29.6 Å². The van der Waals surface area contributed by atoms with E-state index in [9.17, 15) is 21.6 Å². The number of aromatic nitrogens is 4. The number of pyridine rings is 1. The summed E-state index contributed by atoms with van der Waals surface area (Å²) >= 11 is 0. The topological polar surface area (TPSA) is 69.3 Å². The van der Waals surface area contributed by atoms with Crippen molar-refractivity contribution in [3.8, 4) is 11.5 Å². The predicted octanol–water partition coefficient (Wildman–Crippen LogP) is 3.11. The summed E-state index contributed by atoms with van der Waals surface area (Å²) in [6.07, 6.45) is -1.56. The lowest BCUT2D eigenvalue weighted by Gasteiger charge is -2.09. The van der Waals surface area contributed by atoms with Crippen LogP contribution in [-0.4, -0.2) is 33.1 Å². The maximum atomic E-state index is 13.1. The van der Waals surface area contributed by atoms with Gasteiger partial charge in [0, 0.05) is 25.1 Å². The quantitative estimate of drug-likeness (QED) is 0.691. The number of alkyl halides is 3. The van der Waals surface area contributed by atoms with E-state index in [4.69, 9.17) is 0 Å². The molecule has 0 unspecified atom stereocenters. The molecular weight excluding hydrogens is 369 g/mol. The summed E-state index contributed by atoms with van der Waals surface area (Å²) < 4.78 is 67.2. The number of nitrogens with zero attached hydrogens (tertiary/aromatic N) is 4. The van der Waals surface area contributed by atoms with Crippen LogP contribution >= 0.6 is 0 Å². The molecule has 26 heavy (non-hydrogen) atoms. The van der Waals surface area contributed by atoms with Crippen molar-refractivity contribution >= 4 is 15.5 Å². The first-order valence-corrected chi connectivity index (χ1v) is 9.58. The number of imidazole rings is 2. The lowest BCUT2D eigenvalue weighted by Crippen LogP contribution is -2.12. The predicted molar refractivity (Wildman–Crippen MR) is 89.5 cm³/mol. The van der Waals surface area contributed by atoms with Crippen LogP contribution in [0.4, 0.5) is 13.2 Å². The van der Waals surface area contributed by atoms with Gasteiger partial charge in [0.05, 0.1) is 11.3 Å². The van der Waals surface area contributed by atoms with Crippen molar-refractivity contribution in [3.63, 3.8) is 0 Å². The van der Waals surface area contributed by atoms with Crippen molar-refractivity contribution in [1.29, 1.82) is 0 Å². The Morgan fingerprint density at radius 3 is 2.42 bits per heavy atom. The number of sulfone groups is 1. The second kappa shape index (κ2) is 6.11. The van der Waals surface area contributed by atoms with Crippen molar-refractivity contribution in [2.75, 3.05) is 5.75 Å². The lowest BCUT2D eigenvalue weighted by molar-refractivity contribution is -0.137. The highest BCUT2D eigenvalue weighted by Gasteiger charge is 2.33. The van der Waals surface area contributed by atoms with Gasteiger partial charge in [-0.1, -0.05) is 13.8 Å². The summed E-state index contributed by atoms with van der Waals surface area (Å²) in [4.78, 5) is 8.49. The number of fused-ring (bicyclic) bond motifs is 1. The number of hydrogen-bond donors (Lipinski definition) is 0. The fraction of sp³-hybridized carbons (Fsp3) is 0.375. The Kier molecular flexibility index (Phi) is 4.33. The van der Waals surface area contributed by atoms with Gasteiger partial charge in [0.1, 0.15) is 11.3 Å². The van der Waals surface area contributed by atoms with Crippen molar-refractivity contribution in [2.24, 2.45) is 7.05 Å². The Morgan fingerprint density at radius 2 is 1.88 bits per heavy atom. The molecular formula is C16H17F3N4O2S. The van der Waals surface area contributed by atoms with E-state index >= 15 is 0 Å². The molecule has 0 amide bonds. The summed E-state index contributed by atoms with van der Waals surface area (Å²) in [5, 5.41) is -0.280. The molecule has 0 aromatic carbocycles. The molecule has 6 nitrogen and oxygen atoms in total. The van der Waals surface area contributed by atoms with Crippen LogP contribution in [0.1, 0.15) is 25.1 Å². The van der Waals surface area contributed by atoms with E-state index in [0.29, 0.717) is 12.2 Å². The fourth-order valence-electron chi connectivity index (χ4n) is 2.76. The normalized spacial score (nSPS) is 12.8. The van der Waals surface area contributed by atoms with E-state index in [2.05, 4.69) is 9.97 Å².